The van der Waals surface area contributed by atoms with E-state index >= 15 is 0 Å². The van der Waals surface area contributed by atoms with Gasteiger partial charge in [0.05, 0.1) is 11.7 Å². The third kappa shape index (κ3) is 3.11. The maximum Gasteiger partial charge on any atom is 0.0703 e. The molecule has 3 N–H and O–H groups in total. The summed E-state index contributed by atoms with van der Waals surface area (Å²) < 4.78 is 5.57. The van der Waals surface area contributed by atoms with Crippen LogP contribution in [0.4, 0.5) is 0 Å². The summed E-state index contributed by atoms with van der Waals surface area (Å²) in [6.45, 7) is 0.380. The molecule has 0 spiro atoms. The van der Waals surface area contributed by atoms with E-state index in [1.54, 1.807) is 7.11 Å². The third-order valence-electron chi connectivity index (χ3n) is 4.30. The lowest BCUT2D eigenvalue weighted by atomic mass is 9.73. The average Bonchev–Trinajstić information content (AvgIpc) is 2.37. The van der Waals surface area contributed by atoms with Crippen molar-refractivity contribution < 1.29 is 9.84 Å². The van der Waals surface area contributed by atoms with Gasteiger partial charge in [0.15, 0.2) is 0 Å². The molecule has 1 fully saturated rings. The van der Waals surface area contributed by atoms with Crippen molar-refractivity contribution in [3.05, 3.63) is 34.9 Å². The summed E-state index contributed by atoms with van der Waals surface area (Å²) in [6, 6.07) is 7.57. The van der Waals surface area contributed by atoms with Crippen LogP contribution in [0.5, 0.6) is 0 Å². The molecular weight excluding hydrogens is 262 g/mol. The zero-order valence-electron chi connectivity index (χ0n) is 11.3. The van der Waals surface area contributed by atoms with E-state index in [2.05, 4.69) is 0 Å². The first kappa shape index (κ1) is 14.8. The predicted octanol–water partition coefficient (Wildman–Crippen LogP) is 2.70. The molecule has 1 aliphatic carbocycles. The summed E-state index contributed by atoms with van der Waals surface area (Å²) in [7, 11) is 1.72. The smallest absolute Gasteiger partial charge is 0.0703 e. The number of halogens is 1. The van der Waals surface area contributed by atoms with Gasteiger partial charge in [-0.3, -0.25) is 0 Å². The number of nitrogens with two attached hydrogens (primary N) is 1. The molecule has 19 heavy (non-hydrogen) atoms. The number of rotatable bonds is 6. The summed E-state index contributed by atoms with van der Waals surface area (Å²) >= 11 is 6.20. The molecule has 4 heteroatoms. The first-order chi connectivity index (χ1) is 9.12. The molecular formula is C15H22ClNO2. The largest absolute Gasteiger partial charge is 0.392 e. The normalized spacial score (nSPS) is 20.6. The number of aliphatic hydroxyl groups is 1. The number of ether oxygens (including phenoxy) is 1. The fourth-order valence-corrected chi connectivity index (χ4v) is 3.13. The van der Waals surface area contributed by atoms with Gasteiger partial charge in [-0.1, -0.05) is 29.8 Å². The molecule has 1 aliphatic rings. The molecule has 106 valence electrons. The van der Waals surface area contributed by atoms with E-state index in [4.69, 9.17) is 22.1 Å². The molecule has 0 bridgehead atoms. The van der Waals surface area contributed by atoms with Gasteiger partial charge < -0.3 is 15.6 Å². The van der Waals surface area contributed by atoms with Crippen LogP contribution in [0, 0.1) is 0 Å². The Morgan fingerprint density at radius 3 is 2.58 bits per heavy atom. The van der Waals surface area contributed by atoms with Crippen LogP contribution in [0.3, 0.4) is 0 Å². The Morgan fingerprint density at radius 1 is 1.42 bits per heavy atom. The number of hydrogen-bond acceptors (Lipinski definition) is 3. The van der Waals surface area contributed by atoms with Gasteiger partial charge in [-0.2, -0.15) is 0 Å². The van der Waals surface area contributed by atoms with Crippen molar-refractivity contribution in [1.82, 2.24) is 0 Å². The van der Waals surface area contributed by atoms with Crippen molar-refractivity contribution >= 4 is 11.6 Å². The van der Waals surface area contributed by atoms with Crippen molar-refractivity contribution in [2.75, 3.05) is 13.7 Å². The van der Waals surface area contributed by atoms with Gasteiger partial charge in [0.2, 0.25) is 0 Å². The van der Waals surface area contributed by atoms with Gasteiger partial charge in [-0.25, -0.2) is 0 Å². The SMILES string of the molecule is COC1(CC(O)C(CN)c2ccccc2Cl)CCC1. The van der Waals surface area contributed by atoms with E-state index < -0.39 is 6.10 Å². The first-order valence-corrected chi connectivity index (χ1v) is 7.17. The molecule has 2 rings (SSSR count). The van der Waals surface area contributed by atoms with E-state index in [-0.39, 0.29) is 11.5 Å². The second kappa shape index (κ2) is 6.23. The van der Waals surface area contributed by atoms with Crippen LogP contribution >= 0.6 is 11.6 Å². The minimum Gasteiger partial charge on any atom is -0.392 e. The van der Waals surface area contributed by atoms with E-state index in [0.29, 0.717) is 18.0 Å². The molecule has 0 radical (unpaired) electrons. The maximum absolute atomic E-state index is 10.5. The molecule has 2 unspecified atom stereocenters. The van der Waals surface area contributed by atoms with Crippen molar-refractivity contribution in [3.63, 3.8) is 0 Å². The zero-order chi connectivity index (χ0) is 13.9. The van der Waals surface area contributed by atoms with Crippen LogP contribution in [0.15, 0.2) is 24.3 Å². The lowest BCUT2D eigenvalue weighted by Gasteiger charge is -2.43. The summed E-state index contributed by atoms with van der Waals surface area (Å²) in [4.78, 5) is 0. The molecule has 0 saturated heterocycles. The highest BCUT2D eigenvalue weighted by atomic mass is 35.5. The molecule has 1 aromatic carbocycles. The quantitative estimate of drug-likeness (QED) is 0.844. The molecule has 1 aromatic rings. The van der Waals surface area contributed by atoms with Crippen LogP contribution in [-0.2, 0) is 4.74 Å². The first-order valence-electron chi connectivity index (χ1n) is 6.79. The van der Waals surface area contributed by atoms with Crippen molar-refractivity contribution in [1.29, 1.82) is 0 Å². The summed E-state index contributed by atoms with van der Waals surface area (Å²) in [5.41, 5.74) is 6.60. The number of methoxy groups -OCH3 is 1. The van der Waals surface area contributed by atoms with Gasteiger partial charge in [-0.05, 0) is 30.9 Å². The molecule has 0 aliphatic heterocycles. The fourth-order valence-electron chi connectivity index (χ4n) is 2.85. The molecule has 3 nitrogen and oxygen atoms in total. The minimum atomic E-state index is -0.523. The number of hydrogen-bond donors (Lipinski definition) is 2. The second-order valence-corrected chi connectivity index (χ2v) is 5.78. The minimum absolute atomic E-state index is 0.138. The Balaban J connectivity index is 2.11. The average molecular weight is 284 g/mol. The van der Waals surface area contributed by atoms with Gasteiger partial charge in [0, 0.05) is 31.0 Å². The monoisotopic (exact) mass is 283 g/mol. The number of benzene rings is 1. The topological polar surface area (TPSA) is 55.5 Å². The molecule has 2 atom stereocenters. The predicted molar refractivity (Wildman–Crippen MR) is 77.5 cm³/mol. The Labute approximate surface area is 119 Å². The third-order valence-corrected chi connectivity index (χ3v) is 4.65. The van der Waals surface area contributed by atoms with Crippen molar-refractivity contribution in [2.45, 2.75) is 43.3 Å². The maximum atomic E-state index is 10.5. The van der Waals surface area contributed by atoms with Crippen LogP contribution in [0.1, 0.15) is 37.2 Å². The van der Waals surface area contributed by atoms with Crippen LogP contribution < -0.4 is 5.73 Å². The van der Waals surface area contributed by atoms with Crippen molar-refractivity contribution in [2.24, 2.45) is 5.73 Å². The van der Waals surface area contributed by atoms with Crippen LogP contribution in [0.2, 0.25) is 5.02 Å². The van der Waals surface area contributed by atoms with Gasteiger partial charge >= 0.3 is 0 Å². The summed E-state index contributed by atoms with van der Waals surface area (Å²) in [5.74, 6) is -0.138. The highest BCUT2D eigenvalue weighted by molar-refractivity contribution is 6.31. The highest BCUT2D eigenvalue weighted by Crippen LogP contribution is 2.41. The summed E-state index contributed by atoms with van der Waals surface area (Å²) in [5, 5.41) is 11.2. The Morgan fingerprint density at radius 2 is 2.11 bits per heavy atom. The van der Waals surface area contributed by atoms with Gasteiger partial charge in [-0.15, -0.1) is 0 Å². The Kier molecular flexibility index (Phi) is 4.85. The number of aliphatic hydroxyl groups excluding tert-OH is 1. The van der Waals surface area contributed by atoms with E-state index in [0.717, 1.165) is 18.4 Å². The molecule has 0 amide bonds. The Bertz CT molecular complexity index is 415. The summed E-state index contributed by atoms with van der Waals surface area (Å²) in [6.07, 6.45) is 3.29. The lowest BCUT2D eigenvalue weighted by molar-refractivity contribution is -0.102. The fraction of sp³-hybridized carbons (Fsp3) is 0.600. The molecule has 0 aromatic heterocycles. The van der Waals surface area contributed by atoms with Gasteiger partial charge in [0.25, 0.3) is 0 Å². The Hall–Kier alpha value is -0.610. The van der Waals surface area contributed by atoms with E-state index in [1.165, 1.54) is 6.42 Å². The zero-order valence-corrected chi connectivity index (χ0v) is 12.1. The lowest BCUT2D eigenvalue weighted by Crippen LogP contribution is -2.44. The van der Waals surface area contributed by atoms with Crippen molar-refractivity contribution in [3.8, 4) is 0 Å². The standard InChI is InChI=1S/C15H22ClNO2/c1-19-15(7-4-8-15)9-14(18)12(10-17)11-5-2-3-6-13(11)16/h2-3,5-6,12,14,18H,4,7-10,17H2,1H3. The van der Waals surface area contributed by atoms with Crippen LogP contribution in [0.25, 0.3) is 0 Å². The van der Waals surface area contributed by atoms with Crippen LogP contribution in [-0.4, -0.2) is 30.5 Å². The van der Waals surface area contributed by atoms with E-state index in [1.807, 2.05) is 24.3 Å². The van der Waals surface area contributed by atoms with E-state index in [9.17, 15) is 5.11 Å². The highest BCUT2D eigenvalue weighted by Gasteiger charge is 2.40. The molecule has 0 heterocycles. The molecule has 1 saturated carbocycles. The second-order valence-electron chi connectivity index (χ2n) is 5.38. The van der Waals surface area contributed by atoms with Gasteiger partial charge in [0.1, 0.15) is 0 Å².